The van der Waals surface area contributed by atoms with Gasteiger partial charge in [-0.1, -0.05) is 0 Å². The van der Waals surface area contributed by atoms with E-state index in [2.05, 4.69) is 25.7 Å². The number of halogens is 4. The molecule has 0 aromatic carbocycles. The van der Waals surface area contributed by atoms with Crippen LogP contribution in [0.3, 0.4) is 0 Å². The van der Waals surface area contributed by atoms with Crippen molar-refractivity contribution < 1.29 is 13.2 Å². The summed E-state index contributed by atoms with van der Waals surface area (Å²) in [6, 6.07) is 1.88. The molecule has 0 aliphatic carbocycles. The van der Waals surface area contributed by atoms with Gasteiger partial charge in [-0.25, -0.2) is 9.98 Å². The predicted octanol–water partition coefficient (Wildman–Crippen LogP) is 2.81. The Bertz CT molecular complexity index is 682. The molecule has 2 rings (SSSR count). The van der Waals surface area contributed by atoms with E-state index in [1.165, 1.54) is 0 Å². The van der Waals surface area contributed by atoms with Crippen LogP contribution in [-0.2, 0) is 26.2 Å². The second kappa shape index (κ2) is 9.94. The highest BCUT2D eigenvalue weighted by atomic mass is 127. The van der Waals surface area contributed by atoms with Crippen LogP contribution in [0.1, 0.15) is 23.3 Å². The Hall–Kier alpha value is -1.37. The van der Waals surface area contributed by atoms with Gasteiger partial charge in [0, 0.05) is 38.1 Å². The average molecular weight is 488 g/mol. The molecule has 2 aromatic rings. The molecule has 2 heterocycles. The van der Waals surface area contributed by atoms with Crippen molar-refractivity contribution in [1.29, 1.82) is 0 Å². The maximum Gasteiger partial charge on any atom is 0.434 e. The minimum Gasteiger partial charge on any atom is -0.357 e. The van der Waals surface area contributed by atoms with Gasteiger partial charge < -0.3 is 10.6 Å². The van der Waals surface area contributed by atoms with Crippen LogP contribution in [-0.4, -0.2) is 33.8 Å². The summed E-state index contributed by atoms with van der Waals surface area (Å²) < 4.78 is 39.3. The minimum absolute atomic E-state index is 0. The second-order valence-electron chi connectivity index (χ2n) is 4.94. The molecule has 25 heavy (non-hydrogen) atoms. The van der Waals surface area contributed by atoms with Crippen LogP contribution in [0, 0.1) is 0 Å². The Labute approximate surface area is 165 Å². The van der Waals surface area contributed by atoms with E-state index in [4.69, 9.17) is 0 Å². The van der Waals surface area contributed by atoms with Gasteiger partial charge >= 0.3 is 6.18 Å². The lowest BCUT2D eigenvalue weighted by Gasteiger charge is -2.10. The zero-order chi connectivity index (χ0) is 17.6. The first-order valence-electron chi connectivity index (χ1n) is 7.40. The van der Waals surface area contributed by atoms with Crippen molar-refractivity contribution >= 4 is 41.3 Å². The number of thiazole rings is 1. The molecule has 0 unspecified atom stereocenters. The first kappa shape index (κ1) is 21.7. The number of hydrogen-bond acceptors (Lipinski definition) is 4. The van der Waals surface area contributed by atoms with Gasteiger partial charge in [-0.2, -0.15) is 18.3 Å². The molecule has 0 aliphatic heterocycles. The molecule has 0 saturated carbocycles. The van der Waals surface area contributed by atoms with Crippen molar-refractivity contribution in [1.82, 2.24) is 25.4 Å². The van der Waals surface area contributed by atoms with E-state index in [0.717, 1.165) is 22.4 Å². The summed E-state index contributed by atoms with van der Waals surface area (Å²) in [7, 11) is 1.84. The molecule has 0 aliphatic rings. The van der Waals surface area contributed by atoms with Gasteiger partial charge in [0.25, 0.3) is 0 Å². The van der Waals surface area contributed by atoms with Crippen molar-refractivity contribution in [2.75, 3.05) is 13.1 Å². The number of guanidine groups is 1. The minimum atomic E-state index is -4.39. The Balaban J connectivity index is 0.00000312. The largest absolute Gasteiger partial charge is 0.434 e. The lowest BCUT2D eigenvalue weighted by Crippen LogP contribution is -2.38. The van der Waals surface area contributed by atoms with Crippen molar-refractivity contribution in [2.45, 2.75) is 26.1 Å². The Morgan fingerprint density at radius 3 is 2.68 bits per heavy atom. The van der Waals surface area contributed by atoms with E-state index < -0.39 is 11.9 Å². The van der Waals surface area contributed by atoms with Crippen LogP contribution in [0.15, 0.2) is 22.6 Å². The summed E-state index contributed by atoms with van der Waals surface area (Å²) in [4.78, 5) is 8.03. The standard InChI is InChI=1S/C14H19F3N6S.HI/c1-3-18-13(20-8-10-4-7-21-23(10)2)19-6-5-12-22-11(9-24-12)14(15,16)17;/h4,7,9H,3,5-6,8H2,1-2H3,(H2,18,19,20);1H. The molecule has 0 fully saturated rings. The monoisotopic (exact) mass is 488 g/mol. The molecule has 0 saturated heterocycles. The highest BCUT2D eigenvalue weighted by Gasteiger charge is 2.33. The molecule has 11 heteroatoms. The van der Waals surface area contributed by atoms with E-state index in [1.54, 1.807) is 10.9 Å². The Morgan fingerprint density at radius 2 is 2.12 bits per heavy atom. The fourth-order valence-electron chi connectivity index (χ4n) is 1.90. The SMILES string of the molecule is CCNC(=NCc1ccnn1C)NCCc1nc(C(F)(F)F)cs1.I. The highest BCUT2D eigenvalue weighted by molar-refractivity contribution is 14.0. The lowest BCUT2D eigenvalue weighted by atomic mass is 10.4. The summed E-state index contributed by atoms with van der Waals surface area (Å²) >= 11 is 1.01. The van der Waals surface area contributed by atoms with E-state index in [9.17, 15) is 13.2 Å². The summed E-state index contributed by atoms with van der Waals surface area (Å²) in [5.41, 5.74) is 0.126. The van der Waals surface area contributed by atoms with Crippen molar-refractivity contribution in [3.8, 4) is 0 Å². The van der Waals surface area contributed by atoms with Crippen molar-refractivity contribution in [3.63, 3.8) is 0 Å². The lowest BCUT2D eigenvalue weighted by molar-refractivity contribution is -0.140. The van der Waals surface area contributed by atoms with Gasteiger partial charge in [0.1, 0.15) is 0 Å². The van der Waals surface area contributed by atoms with E-state index >= 15 is 0 Å². The first-order valence-corrected chi connectivity index (χ1v) is 8.28. The molecule has 140 valence electrons. The maximum absolute atomic E-state index is 12.5. The molecule has 2 aromatic heterocycles. The van der Waals surface area contributed by atoms with Crippen LogP contribution >= 0.6 is 35.3 Å². The predicted molar refractivity (Wildman–Crippen MR) is 102 cm³/mol. The number of nitrogens with zero attached hydrogens (tertiary/aromatic N) is 4. The van der Waals surface area contributed by atoms with Crippen molar-refractivity contribution in [2.24, 2.45) is 12.0 Å². The third kappa shape index (κ3) is 6.80. The average Bonchev–Trinajstić information content (AvgIpc) is 3.13. The first-order chi connectivity index (χ1) is 11.4. The molecule has 2 N–H and O–H groups in total. The van der Waals surface area contributed by atoms with E-state index in [1.807, 2.05) is 20.0 Å². The number of hydrogen-bond donors (Lipinski definition) is 2. The molecule has 0 bridgehead atoms. The fraction of sp³-hybridized carbons (Fsp3) is 0.500. The molecule has 6 nitrogen and oxygen atoms in total. The van der Waals surface area contributed by atoms with Crippen LogP contribution < -0.4 is 10.6 Å². The van der Waals surface area contributed by atoms with Gasteiger partial charge in [-0.05, 0) is 13.0 Å². The smallest absolute Gasteiger partial charge is 0.357 e. The third-order valence-electron chi connectivity index (χ3n) is 3.14. The normalized spacial score (nSPS) is 12.0. The summed E-state index contributed by atoms with van der Waals surface area (Å²) in [6.07, 6.45) is -2.29. The van der Waals surface area contributed by atoms with Crippen LogP contribution in [0.25, 0.3) is 0 Å². The fourth-order valence-corrected chi connectivity index (χ4v) is 2.71. The zero-order valence-corrected chi connectivity index (χ0v) is 16.9. The molecule has 0 atom stereocenters. The summed E-state index contributed by atoms with van der Waals surface area (Å²) in [5.74, 6) is 0.603. The van der Waals surface area contributed by atoms with Gasteiger partial charge in [0.05, 0.1) is 17.2 Å². The number of alkyl halides is 3. The van der Waals surface area contributed by atoms with Crippen LogP contribution in [0.5, 0.6) is 0 Å². The Morgan fingerprint density at radius 1 is 1.36 bits per heavy atom. The van der Waals surface area contributed by atoms with E-state index in [0.29, 0.717) is 37.0 Å². The molecular weight excluding hydrogens is 468 g/mol. The van der Waals surface area contributed by atoms with Crippen LogP contribution in [0.4, 0.5) is 13.2 Å². The number of rotatable bonds is 6. The Kier molecular flexibility index (Phi) is 8.62. The van der Waals surface area contributed by atoms with Crippen LogP contribution in [0.2, 0.25) is 0 Å². The number of aryl methyl sites for hydroxylation is 1. The summed E-state index contributed by atoms with van der Waals surface area (Å²) in [5, 5.41) is 11.7. The van der Waals surface area contributed by atoms with Gasteiger partial charge in [-0.15, -0.1) is 35.3 Å². The van der Waals surface area contributed by atoms with Gasteiger partial charge in [0.2, 0.25) is 0 Å². The quantitative estimate of drug-likeness (QED) is 0.373. The zero-order valence-electron chi connectivity index (χ0n) is 13.8. The maximum atomic E-state index is 12.5. The van der Waals surface area contributed by atoms with E-state index in [-0.39, 0.29) is 24.0 Å². The molecule has 0 radical (unpaired) electrons. The second-order valence-corrected chi connectivity index (χ2v) is 5.88. The molecule has 0 amide bonds. The van der Waals surface area contributed by atoms with Crippen molar-refractivity contribution in [3.05, 3.63) is 34.0 Å². The third-order valence-corrected chi connectivity index (χ3v) is 4.05. The summed E-state index contributed by atoms with van der Waals surface area (Å²) in [6.45, 7) is 3.54. The molecular formula is C14H20F3IN6S. The highest BCUT2D eigenvalue weighted by Crippen LogP contribution is 2.29. The number of aliphatic imine (C=N–C) groups is 1. The topological polar surface area (TPSA) is 67.1 Å². The molecule has 0 spiro atoms. The number of nitrogens with one attached hydrogen (secondary N) is 2. The van der Waals surface area contributed by atoms with Gasteiger partial charge in [0.15, 0.2) is 11.7 Å². The number of aromatic nitrogens is 3. The van der Waals surface area contributed by atoms with Gasteiger partial charge in [-0.3, -0.25) is 4.68 Å².